The van der Waals surface area contributed by atoms with Gasteiger partial charge in [-0.1, -0.05) is 44.2 Å². The number of ether oxygens (including phenoxy) is 1. The predicted octanol–water partition coefficient (Wildman–Crippen LogP) is 3.15. The largest absolute Gasteiger partial charge is 0.389 e. The Labute approximate surface area is 123 Å². The fourth-order valence-electron chi connectivity index (χ4n) is 2.24. The first-order valence-corrected chi connectivity index (χ1v) is 7.57. The first kappa shape index (κ1) is 17.2. The van der Waals surface area contributed by atoms with E-state index >= 15 is 0 Å². The summed E-state index contributed by atoms with van der Waals surface area (Å²) in [7, 11) is 0. The van der Waals surface area contributed by atoms with Crippen LogP contribution in [-0.4, -0.2) is 30.5 Å². The van der Waals surface area contributed by atoms with Gasteiger partial charge in [0.25, 0.3) is 0 Å². The molecule has 0 spiro atoms. The number of aliphatic hydroxyl groups excluding tert-OH is 1. The number of hydrogen-bond donors (Lipinski definition) is 2. The minimum Gasteiger partial charge on any atom is -0.389 e. The second-order valence-corrected chi connectivity index (χ2v) is 5.97. The summed E-state index contributed by atoms with van der Waals surface area (Å²) in [6, 6.07) is 10.5. The van der Waals surface area contributed by atoms with E-state index in [-0.39, 0.29) is 12.1 Å². The van der Waals surface area contributed by atoms with E-state index in [0.717, 1.165) is 6.42 Å². The lowest BCUT2D eigenvalue weighted by atomic mass is 10.1. The standard InChI is InChI=1S/C17H29NO2/c1-13(2)10-14(3)20-12-17(19)11-18-15(4)16-8-6-5-7-9-16/h5-9,13-15,17-19H,10-12H2,1-4H3/t14?,15-,17?/m0/s1. The highest BCUT2D eigenvalue weighted by molar-refractivity contribution is 5.17. The molecule has 114 valence electrons. The third kappa shape index (κ3) is 7.04. The maximum absolute atomic E-state index is 9.94. The second kappa shape index (κ2) is 9.11. The molecule has 1 aromatic rings. The van der Waals surface area contributed by atoms with Crippen LogP contribution in [0.4, 0.5) is 0 Å². The molecule has 3 atom stereocenters. The molecule has 1 aromatic carbocycles. The lowest BCUT2D eigenvalue weighted by Crippen LogP contribution is -2.33. The van der Waals surface area contributed by atoms with Gasteiger partial charge in [0.05, 0.1) is 18.8 Å². The van der Waals surface area contributed by atoms with Crippen LogP contribution in [0.2, 0.25) is 0 Å². The van der Waals surface area contributed by atoms with Gasteiger partial charge in [-0.3, -0.25) is 0 Å². The van der Waals surface area contributed by atoms with Crippen LogP contribution in [0.5, 0.6) is 0 Å². The van der Waals surface area contributed by atoms with Crippen molar-refractivity contribution in [2.45, 2.75) is 52.4 Å². The van der Waals surface area contributed by atoms with Crippen LogP contribution in [0.3, 0.4) is 0 Å². The quantitative estimate of drug-likeness (QED) is 0.729. The van der Waals surface area contributed by atoms with Crippen LogP contribution >= 0.6 is 0 Å². The molecule has 0 amide bonds. The number of aliphatic hydroxyl groups is 1. The highest BCUT2D eigenvalue weighted by Gasteiger charge is 2.11. The SMILES string of the molecule is CC(C)CC(C)OCC(O)CN[C@@H](C)c1ccccc1. The van der Waals surface area contributed by atoms with Crippen LogP contribution in [0.25, 0.3) is 0 Å². The monoisotopic (exact) mass is 279 g/mol. The van der Waals surface area contributed by atoms with Crippen molar-refractivity contribution < 1.29 is 9.84 Å². The van der Waals surface area contributed by atoms with Crippen molar-refractivity contribution in [1.29, 1.82) is 0 Å². The van der Waals surface area contributed by atoms with Gasteiger partial charge in [-0.15, -0.1) is 0 Å². The number of hydrogen-bond acceptors (Lipinski definition) is 3. The van der Waals surface area contributed by atoms with Gasteiger partial charge in [0.2, 0.25) is 0 Å². The smallest absolute Gasteiger partial charge is 0.0898 e. The molecule has 0 bridgehead atoms. The number of nitrogens with one attached hydrogen (secondary N) is 1. The average molecular weight is 279 g/mol. The molecule has 2 unspecified atom stereocenters. The highest BCUT2D eigenvalue weighted by Crippen LogP contribution is 2.11. The fraction of sp³-hybridized carbons (Fsp3) is 0.647. The van der Waals surface area contributed by atoms with Crippen LogP contribution in [-0.2, 0) is 4.74 Å². The summed E-state index contributed by atoms with van der Waals surface area (Å²) in [6.07, 6.45) is 0.771. The molecule has 0 heterocycles. The molecular formula is C17H29NO2. The molecular weight excluding hydrogens is 250 g/mol. The van der Waals surface area contributed by atoms with E-state index in [1.54, 1.807) is 0 Å². The van der Waals surface area contributed by atoms with E-state index in [9.17, 15) is 5.11 Å². The van der Waals surface area contributed by atoms with E-state index in [2.05, 4.69) is 45.1 Å². The fourth-order valence-corrected chi connectivity index (χ4v) is 2.24. The zero-order chi connectivity index (χ0) is 15.0. The summed E-state index contributed by atoms with van der Waals surface area (Å²) in [6.45, 7) is 9.46. The van der Waals surface area contributed by atoms with Gasteiger partial charge in [-0.25, -0.2) is 0 Å². The van der Waals surface area contributed by atoms with Crippen molar-refractivity contribution in [2.24, 2.45) is 5.92 Å². The molecule has 0 saturated carbocycles. The summed E-state index contributed by atoms with van der Waals surface area (Å²) in [5, 5.41) is 13.3. The Hall–Kier alpha value is -0.900. The van der Waals surface area contributed by atoms with Gasteiger partial charge in [0, 0.05) is 12.6 Å². The lowest BCUT2D eigenvalue weighted by Gasteiger charge is -2.20. The molecule has 3 nitrogen and oxygen atoms in total. The molecule has 0 aromatic heterocycles. The van der Waals surface area contributed by atoms with Gasteiger partial charge in [0.1, 0.15) is 0 Å². The minimum atomic E-state index is -0.462. The molecule has 1 rings (SSSR count). The van der Waals surface area contributed by atoms with Crippen molar-refractivity contribution in [1.82, 2.24) is 5.32 Å². The highest BCUT2D eigenvalue weighted by atomic mass is 16.5. The zero-order valence-corrected chi connectivity index (χ0v) is 13.2. The predicted molar refractivity (Wildman–Crippen MR) is 83.7 cm³/mol. The Morgan fingerprint density at radius 1 is 1.10 bits per heavy atom. The van der Waals surface area contributed by atoms with Gasteiger partial charge in [0.15, 0.2) is 0 Å². The van der Waals surface area contributed by atoms with Crippen LogP contribution in [0, 0.1) is 5.92 Å². The molecule has 0 aliphatic heterocycles. The summed E-state index contributed by atoms with van der Waals surface area (Å²) < 4.78 is 5.66. The Bertz CT molecular complexity index is 353. The first-order valence-electron chi connectivity index (χ1n) is 7.57. The summed E-state index contributed by atoms with van der Waals surface area (Å²) in [5.74, 6) is 0.623. The lowest BCUT2D eigenvalue weighted by molar-refractivity contribution is -0.00914. The Kier molecular flexibility index (Phi) is 7.82. The second-order valence-electron chi connectivity index (χ2n) is 5.97. The van der Waals surface area contributed by atoms with Crippen molar-refractivity contribution in [3.8, 4) is 0 Å². The first-order chi connectivity index (χ1) is 9.49. The summed E-state index contributed by atoms with van der Waals surface area (Å²) in [4.78, 5) is 0. The Morgan fingerprint density at radius 3 is 2.35 bits per heavy atom. The molecule has 20 heavy (non-hydrogen) atoms. The van der Waals surface area contributed by atoms with E-state index < -0.39 is 6.10 Å². The van der Waals surface area contributed by atoms with Crippen molar-refractivity contribution in [2.75, 3.05) is 13.2 Å². The van der Waals surface area contributed by atoms with E-state index in [0.29, 0.717) is 19.1 Å². The molecule has 0 fully saturated rings. The van der Waals surface area contributed by atoms with E-state index in [1.807, 2.05) is 18.2 Å². The maximum Gasteiger partial charge on any atom is 0.0898 e. The molecule has 3 heteroatoms. The zero-order valence-electron chi connectivity index (χ0n) is 13.2. The topological polar surface area (TPSA) is 41.5 Å². The van der Waals surface area contributed by atoms with Crippen LogP contribution < -0.4 is 5.32 Å². The maximum atomic E-state index is 9.94. The van der Waals surface area contributed by atoms with Crippen LogP contribution in [0.15, 0.2) is 30.3 Å². The summed E-state index contributed by atoms with van der Waals surface area (Å²) in [5.41, 5.74) is 1.23. The average Bonchev–Trinajstić information content (AvgIpc) is 2.42. The number of benzene rings is 1. The van der Waals surface area contributed by atoms with Gasteiger partial charge in [-0.2, -0.15) is 0 Å². The van der Waals surface area contributed by atoms with Crippen molar-refractivity contribution in [3.63, 3.8) is 0 Å². The van der Waals surface area contributed by atoms with Gasteiger partial charge >= 0.3 is 0 Å². The van der Waals surface area contributed by atoms with Crippen LogP contribution in [0.1, 0.15) is 45.7 Å². The minimum absolute atomic E-state index is 0.205. The Morgan fingerprint density at radius 2 is 1.75 bits per heavy atom. The Balaban J connectivity index is 2.21. The molecule has 0 aliphatic carbocycles. The van der Waals surface area contributed by atoms with E-state index in [4.69, 9.17) is 4.74 Å². The molecule has 0 aliphatic rings. The third-order valence-electron chi connectivity index (χ3n) is 3.34. The molecule has 0 saturated heterocycles. The van der Waals surface area contributed by atoms with Gasteiger partial charge < -0.3 is 15.2 Å². The normalized spacial score (nSPS) is 16.1. The van der Waals surface area contributed by atoms with Crippen molar-refractivity contribution in [3.05, 3.63) is 35.9 Å². The number of rotatable bonds is 9. The molecule has 2 N–H and O–H groups in total. The third-order valence-corrected chi connectivity index (χ3v) is 3.34. The molecule has 0 radical (unpaired) electrons. The summed E-state index contributed by atoms with van der Waals surface area (Å²) >= 11 is 0. The van der Waals surface area contributed by atoms with E-state index in [1.165, 1.54) is 5.56 Å². The van der Waals surface area contributed by atoms with Gasteiger partial charge in [-0.05, 0) is 31.7 Å². The van der Waals surface area contributed by atoms with Crippen molar-refractivity contribution >= 4 is 0 Å².